The minimum atomic E-state index is -0.923. The second-order valence-electron chi connectivity index (χ2n) is 8.74. The molecule has 0 saturated carbocycles. The Labute approximate surface area is 187 Å². The first-order valence-corrected chi connectivity index (χ1v) is 11.0. The molecule has 31 heavy (non-hydrogen) atoms. The quantitative estimate of drug-likeness (QED) is 0.338. The molecule has 0 aromatic carbocycles. The van der Waals surface area contributed by atoms with Gasteiger partial charge in [-0.2, -0.15) is 0 Å². The number of hydrogen-bond donors (Lipinski definition) is 2. The van der Waals surface area contributed by atoms with Crippen molar-refractivity contribution < 1.29 is 19.8 Å². The van der Waals surface area contributed by atoms with E-state index >= 15 is 0 Å². The lowest BCUT2D eigenvalue weighted by Crippen LogP contribution is -2.25. The SMILES string of the molecule is CC(C)=CCCC(C)=CC(O)C(O)C(C)=CCCC(C)=CCC1=CC(=O)C=C(C)C1=O. The fraction of sp³-hybridized carbons (Fsp3) is 0.481. The van der Waals surface area contributed by atoms with Gasteiger partial charge in [-0.05, 0) is 91.4 Å². The second kappa shape index (κ2) is 13.2. The summed E-state index contributed by atoms with van der Waals surface area (Å²) in [7, 11) is 0. The van der Waals surface area contributed by atoms with Gasteiger partial charge in [0, 0.05) is 11.1 Å². The summed E-state index contributed by atoms with van der Waals surface area (Å²) >= 11 is 0. The van der Waals surface area contributed by atoms with E-state index in [0.29, 0.717) is 17.6 Å². The molecule has 0 aromatic rings. The minimum Gasteiger partial charge on any atom is -0.386 e. The molecule has 1 aliphatic carbocycles. The van der Waals surface area contributed by atoms with Crippen LogP contribution >= 0.6 is 0 Å². The van der Waals surface area contributed by atoms with Crippen molar-refractivity contribution in [2.75, 3.05) is 0 Å². The van der Waals surface area contributed by atoms with Crippen molar-refractivity contribution in [1.82, 2.24) is 0 Å². The van der Waals surface area contributed by atoms with Crippen molar-refractivity contribution in [1.29, 1.82) is 0 Å². The molecule has 1 aliphatic rings. The van der Waals surface area contributed by atoms with Crippen LogP contribution in [0.2, 0.25) is 0 Å². The zero-order chi connectivity index (χ0) is 23.6. The summed E-state index contributed by atoms with van der Waals surface area (Å²) in [5.41, 5.74) is 5.21. The van der Waals surface area contributed by atoms with Crippen LogP contribution in [0.15, 0.2) is 69.9 Å². The van der Waals surface area contributed by atoms with Gasteiger partial charge in [0.1, 0.15) is 12.2 Å². The number of ketones is 2. The number of Topliss-reactive ketones (excluding diaryl/α,β-unsaturated/α-hetero) is 1. The van der Waals surface area contributed by atoms with E-state index in [1.807, 2.05) is 32.9 Å². The van der Waals surface area contributed by atoms with Crippen LogP contribution in [0, 0.1) is 0 Å². The van der Waals surface area contributed by atoms with E-state index in [1.54, 1.807) is 13.0 Å². The monoisotopic (exact) mass is 426 g/mol. The van der Waals surface area contributed by atoms with E-state index in [0.717, 1.165) is 42.4 Å². The fourth-order valence-electron chi connectivity index (χ4n) is 3.32. The molecule has 0 radical (unpaired) electrons. The number of carbonyl (C=O) groups excluding carboxylic acids is 2. The van der Waals surface area contributed by atoms with Gasteiger partial charge >= 0.3 is 0 Å². The topological polar surface area (TPSA) is 74.6 Å². The third kappa shape index (κ3) is 10.0. The van der Waals surface area contributed by atoms with Gasteiger partial charge in [-0.3, -0.25) is 9.59 Å². The van der Waals surface area contributed by atoms with E-state index in [9.17, 15) is 19.8 Å². The van der Waals surface area contributed by atoms with E-state index in [-0.39, 0.29) is 11.6 Å². The predicted molar refractivity (Wildman–Crippen MR) is 128 cm³/mol. The summed E-state index contributed by atoms with van der Waals surface area (Å²) < 4.78 is 0. The third-order valence-electron chi connectivity index (χ3n) is 5.34. The molecule has 0 fully saturated rings. The lowest BCUT2D eigenvalue weighted by atomic mass is 9.94. The van der Waals surface area contributed by atoms with Crippen molar-refractivity contribution in [3.05, 3.63) is 69.9 Å². The molecule has 170 valence electrons. The van der Waals surface area contributed by atoms with Crippen molar-refractivity contribution in [2.45, 2.75) is 85.9 Å². The minimum absolute atomic E-state index is 0.0688. The van der Waals surface area contributed by atoms with Crippen LogP contribution in [-0.2, 0) is 9.59 Å². The maximum Gasteiger partial charge on any atom is 0.185 e. The number of aliphatic hydroxyl groups excluding tert-OH is 2. The molecule has 2 unspecified atom stereocenters. The second-order valence-corrected chi connectivity index (χ2v) is 8.74. The van der Waals surface area contributed by atoms with Crippen molar-refractivity contribution in [3.8, 4) is 0 Å². The van der Waals surface area contributed by atoms with Gasteiger partial charge in [-0.25, -0.2) is 0 Å². The first-order chi connectivity index (χ1) is 14.5. The summed E-state index contributed by atoms with van der Waals surface area (Å²) in [6, 6.07) is 0. The highest BCUT2D eigenvalue weighted by atomic mass is 16.3. The Morgan fingerprint density at radius 1 is 0.903 bits per heavy atom. The van der Waals surface area contributed by atoms with Crippen LogP contribution in [0.5, 0.6) is 0 Å². The highest BCUT2D eigenvalue weighted by Crippen LogP contribution is 2.19. The average Bonchev–Trinajstić information content (AvgIpc) is 2.68. The smallest absolute Gasteiger partial charge is 0.185 e. The summed E-state index contributed by atoms with van der Waals surface area (Å²) in [6.45, 7) is 11.6. The molecule has 0 amide bonds. The zero-order valence-corrected chi connectivity index (χ0v) is 19.9. The van der Waals surface area contributed by atoms with Crippen LogP contribution in [0.25, 0.3) is 0 Å². The lowest BCUT2D eigenvalue weighted by Gasteiger charge is -2.17. The molecule has 0 aliphatic heterocycles. The van der Waals surface area contributed by atoms with Gasteiger partial charge in [0.15, 0.2) is 11.6 Å². The molecular formula is C27H38O4. The van der Waals surface area contributed by atoms with E-state index in [2.05, 4.69) is 19.9 Å². The standard InChI is InChI=1S/C27H38O4/c1-18(2)9-7-11-20(4)15-25(29)27(31)21(5)12-8-10-19(3)13-14-23-17-24(28)16-22(6)26(23)30/h9,12-13,15-17,25,27,29,31H,7-8,10-11,14H2,1-6H3. The molecule has 1 rings (SSSR count). The maximum absolute atomic E-state index is 12.1. The summed E-state index contributed by atoms with van der Waals surface area (Å²) in [6.07, 6.45) is 12.5. The van der Waals surface area contributed by atoms with Crippen molar-refractivity contribution >= 4 is 11.6 Å². The maximum atomic E-state index is 12.1. The van der Waals surface area contributed by atoms with Crippen molar-refractivity contribution in [3.63, 3.8) is 0 Å². The number of aliphatic hydroxyl groups is 2. The largest absolute Gasteiger partial charge is 0.386 e. The molecule has 4 nitrogen and oxygen atoms in total. The molecule has 2 N–H and O–H groups in total. The number of rotatable bonds is 11. The number of allylic oxidation sites excluding steroid dienone is 10. The predicted octanol–water partition coefficient (Wildman–Crippen LogP) is 5.49. The van der Waals surface area contributed by atoms with E-state index in [1.165, 1.54) is 17.7 Å². The van der Waals surface area contributed by atoms with Crippen molar-refractivity contribution in [2.24, 2.45) is 0 Å². The van der Waals surface area contributed by atoms with Gasteiger partial charge in [-0.1, -0.05) is 41.0 Å². The molecule has 0 heterocycles. The molecule has 0 spiro atoms. The Hall–Kier alpha value is -2.30. The normalized spacial score (nSPS) is 17.9. The Morgan fingerprint density at radius 3 is 2.16 bits per heavy atom. The average molecular weight is 427 g/mol. The Morgan fingerprint density at radius 2 is 1.52 bits per heavy atom. The van der Waals surface area contributed by atoms with E-state index in [4.69, 9.17) is 0 Å². The Kier molecular flexibility index (Phi) is 11.4. The Balaban J connectivity index is 2.55. The highest BCUT2D eigenvalue weighted by molar-refractivity contribution is 6.20. The zero-order valence-electron chi connectivity index (χ0n) is 19.9. The molecule has 4 heteroatoms. The van der Waals surface area contributed by atoms with Gasteiger partial charge in [-0.15, -0.1) is 0 Å². The van der Waals surface area contributed by atoms with Gasteiger partial charge < -0.3 is 10.2 Å². The number of hydrogen-bond acceptors (Lipinski definition) is 4. The third-order valence-corrected chi connectivity index (χ3v) is 5.34. The molecule has 2 atom stereocenters. The van der Waals surface area contributed by atoms with Crippen LogP contribution < -0.4 is 0 Å². The van der Waals surface area contributed by atoms with E-state index < -0.39 is 12.2 Å². The Bertz CT molecular complexity index is 842. The van der Waals surface area contributed by atoms with Crippen LogP contribution in [0.1, 0.15) is 73.6 Å². The summed E-state index contributed by atoms with van der Waals surface area (Å²) in [4.78, 5) is 23.7. The molecule has 0 aromatic heterocycles. The molecular weight excluding hydrogens is 388 g/mol. The highest BCUT2D eigenvalue weighted by Gasteiger charge is 2.17. The fourth-order valence-corrected chi connectivity index (χ4v) is 3.32. The van der Waals surface area contributed by atoms with Gasteiger partial charge in [0.2, 0.25) is 0 Å². The first-order valence-electron chi connectivity index (χ1n) is 11.0. The summed E-state index contributed by atoms with van der Waals surface area (Å²) in [5, 5.41) is 20.7. The van der Waals surface area contributed by atoms with Gasteiger partial charge in [0.25, 0.3) is 0 Å². The molecule has 0 bridgehead atoms. The van der Waals surface area contributed by atoms with Crippen LogP contribution in [0.3, 0.4) is 0 Å². The molecule has 0 saturated heterocycles. The summed E-state index contributed by atoms with van der Waals surface area (Å²) in [5.74, 6) is -0.203. The van der Waals surface area contributed by atoms with Crippen LogP contribution in [0.4, 0.5) is 0 Å². The first kappa shape index (κ1) is 26.7. The number of carbonyl (C=O) groups is 2. The lowest BCUT2D eigenvalue weighted by molar-refractivity contribution is -0.115. The van der Waals surface area contributed by atoms with Gasteiger partial charge in [0.05, 0.1) is 0 Å². The van der Waals surface area contributed by atoms with Crippen LogP contribution in [-0.4, -0.2) is 34.0 Å².